The Morgan fingerprint density at radius 3 is 2.96 bits per heavy atom. The Morgan fingerprint density at radius 2 is 2.26 bits per heavy atom. The van der Waals surface area contributed by atoms with E-state index in [1.54, 1.807) is 6.92 Å². The van der Waals surface area contributed by atoms with E-state index in [9.17, 15) is 9.18 Å². The Bertz CT molecular complexity index is 1020. The molecule has 0 aliphatic carbocycles. The molecule has 0 radical (unpaired) electrons. The first-order chi connectivity index (χ1) is 12.9. The fourth-order valence-electron chi connectivity index (χ4n) is 2.78. The van der Waals surface area contributed by atoms with Crippen molar-refractivity contribution >= 4 is 29.7 Å². The summed E-state index contributed by atoms with van der Waals surface area (Å²) in [6.45, 7) is 4.54. The first-order valence-electron chi connectivity index (χ1n) is 8.27. The number of carbonyl (C=O) groups is 1. The number of halogens is 2. The molecule has 0 spiro atoms. The number of aryl methyl sites for hydroxylation is 1. The van der Waals surface area contributed by atoms with E-state index in [1.165, 1.54) is 18.2 Å². The number of amides is 1. The molecule has 0 bridgehead atoms. The van der Waals surface area contributed by atoms with Crippen LogP contribution in [0.4, 0.5) is 4.39 Å². The van der Waals surface area contributed by atoms with Crippen LogP contribution in [0, 0.1) is 17.5 Å². The molecule has 7 nitrogen and oxygen atoms in total. The number of benzene rings is 1. The minimum Gasteiger partial charge on any atom is -0.360 e. The number of aromatic amines is 1. The lowest BCUT2D eigenvalue weighted by Gasteiger charge is -2.08. The Morgan fingerprint density at radius 1 is 1.48 bits per heavy atom. The van der Waals surface area contributed by atoms with Crippen LogP contribution in [0.3, 0.4) is 0 Å². The maximum atomic E-state index is 14.2. The van der Waals surface area contributed by atoms with E-state index in [-0.39, 0.29) is 27.6 Å². The van der Waals surface area contributed by atoms with Crippen LogP contribution in [0.2, 0.25) is 5.02 Å². The van der Waals surface area contributed by atoms with Gasteiger partial charge in [-0.25, -0.2) is 4.39 Å². The van der Waals surface area contributed by atoms with E-state index in [1.807, 2.05) is 11.5 Å². The van der Waals surface area contributed by atoms with Crippen molar-refractivity contribution in [3.8, 4) is 11.3 Å². The first kappa shape index (κ1) is 19.2. The van der Waals surface area contributed by atoms with E-state index in [4.69, 9.17) is 28.3 Å². The van der Waals surface area contributed by atoms with Crippen molar-refractivity contribution in [2.24, 2.45) is 0 Å². The number of nitrogens with one attached hydrogen (secondary N) is 2. The van der Waals surface area contributed by atoms with Crippen molar-refractivity contribution in [3.63, 3.8) is 0 Å². The molecule has 27 heavy (non-hydrogen) atoms. The highest BCUT2D eigenvalue weighted by Gasteiger charge is 2.25. The third kappa shape index (κ3) is 3.79. The molecule has 0 aliphatic heterocycles. The number of carbonyl (C=O) groups excluding carboxylic acids is 1. The van der Waals surface area contributed by atoms with Crippen LogP contribution in [-0.4, -0.2) is 32.4 Å². The molecule has 0 saturated heterocycles. The van der Waals surface area contributed by atoms with Gasteiger partial charge in [0, 0.05) is 19.5 Å². The molecular weight excluding hydrogens is 393 g/mol. The van der Waals surface area contributed by atoms with Gasteiger partial charge in [-0.2, -0.15) is 5.10 Å². The van der Waals surface area contributed by atoms with Crippen LogP contribution in [-0.2, 0) is 13.0 Å². The number of hydrogen-bond acceptors (Lipinski definition) is 5. The number of aromatic nitrogens is 4. The number of H-pyrrole nitrogens is 1. The summed E-state index contributed by atoms with van der Waals surface area (Å²) in [6.07, 6.45) is 0.479. The second-order valence-corrected chi connectivity index (χ2v) is 6.55. The Labute approximate surface area is 164 Å². The smallest absolute Gasteiger partial charge is 0.257 e. The summed E-state index contributed by atoms with van der Waals surface area (Å²) < 4.78 is 21.7. The van der Waals surface area contributed by atoms with Crippen molar-refractivity contribution in [3.05, 3.63) is 51.0 Å². The Kier molecular flexibility index (Phi) is 5.71. The summed E-state index contributed by atoms with van der Waals surface area (Å²) >= 11 is 11.2. The maximum Gasteiger partial charge on any atom is 0.257 e. The quantitative estimate of drug-likeness (QED) is 0.606. The molecule has 2 N–H and O–H groups in total. The lowest BCUT2D eigenvalue weighted by atomic mass is 10.0. The Balaban J connectivity index is 1.80. The monoisotopic (exact) mass is 409 g/mol. The lowest BCUT2D eigenvalue weighted by molar-refractivity contribution is 0.0953. The van der Waals surface area contributed by atoms with Gasteiger partial charge in [0.2, 0.25) is 0 Å². The maximum absolute atomic E-state index is 14.2. The molecule has 0 aliphatic rings. The van der Waals surface area contributed by atoms with Crippen LogP contribution in [0.25, 0.3) is 11.3 Å². The number of hydrogen-bond donors (Lipinski definition) is 2. The molecule has 3 rings (SSSR count). The zero-order valence-corrected chi connectivity index (χ0v) is 16.2. The van der Waals surface area contributed by atoms with Crippen molar-refractivity contribution in [1.82, 2.24) is 25.2 Å². The second-order valence-electron chi connectivity index (χ2n) is 5.75. The summed E-state index contributed by atoms with van der Waals surface area (Å²) in [7, 11) is 0. The number of rotatable bonds is 6. The predicted octanol–water partition coefficient (Wildman–Crippen LogP) is 3.69. The number of nitrogens with zero attached hydrogens (tertiary/aromatic N) is 3. The molecule has 2 aromatic heterocycles. The van der Waals surface area contributed by atoms with E-state index in [0.29, 0.717) is 24.3 Å². The van der Waals surface area contributed by atoms with Crippen LogP contribution < -0.4 is 5.32 Å². The predicted molar refractivity (Wildman–Crippen MR) is 101 cm³/mol. The van der Waals surface area contributed by atoms with Gasteiger partial charge in [0.05, 0.1) is 10.6 Å². The highest BCUT2D eigenvalue weighted by atomic mass is 35.5. The minimum absolute atomic E-state index is 0.0352. The molecule has 0 unspecified atom stereocenters. The van der Waals surface area contributed by atoms with Crippen LogP contribution in [0.5, 0.6) is 0 Å². The third-order valence-electron chi connectivity index (χ3n) is 4.08. The summed E-state index contributed by atoms with van der Waals surface area (Å²) in [6, 6.07) is 4.26. The van der Waals surface area contributed by atoms with Gasteiger partial charge in [0.25, 0.3) is 5.91 Å². The molecule has 1 amide bonds. The summed E-state index contributed by atoms with van der Waals surface area (Å²) in [4.78, 5) is 12.7. The molecule has 10 heteroatoms. The van der Waals surface area contributed by atoms with Gasteiger partial charge in [0.1, 0.15) is 28.7 Å². The van der Waals surface area contributed by atoms with Gasteiger partial charge >= 0.3 is 0 Å². The molecular formula is C17H17ClFN5O2S. The molecule has 0 saturated carbocycles. The largest absolute Gasteiger partial charge is 0.360 e. The molecule has 1 aromatic carbocycles. The summed E-state index contributed by atoms with van der Waals surface area (Å²) in [5.74, 6) is 0.00357. The third-order valence-corrected chi connectivity index (χ3v) is 4.70. The van der Waals surface area contributed by atoms with Gasteiger partial charge in [-0.05, 0) is 38.2 Å². The zero-order chi connectivity index (χ0) is 19.6. The van der Waals surface area contributed by atoms with E-state index in [2.05, 4.69) is 20.7 Å². The average Bonchev–Trinajstić information content (AvgIpc) is 3.17. The standard InChI is InChI=1S/C17H17ClFN5O2S/c1-3-24-12(21-22-17(24)27)7-8-20-16(25)13-9(2)26-23-15(13)14-10(18)5-4-6-11(14)19/h4-6H,3,7-8H2,1-2H3,(H,20,25)(H,22,27). The second kappa shape index (κ2) is 8.01. The van der Waals surface area contributed by atoms with Gasteiger partial charge < -0.3 is 14.4 Å². The van der Waals surface area contributed by atoms with E-state index in [0.717, 1.165) is 5.82 Å². The van der Waals surface area contributed by atoms with Gasteiger partial charge in [0.15, 0.2) is 4.77 Å². The van der Waals surface area contributed by atoms with Gasteiger partial charge in [-0.3, -0.25) is 9.89 Å². The molecule has 0 atom stereocenters. The highest BCUT2D eigenvalue weighted by Crippen LogP contribution is 2.33. The summed E-state index contributed by atoms with van der Waals surface area (Å²) in [5, 5.41) is 13.6. The normalized spacial score (nSPS) is 11.0. The van der Waals surface area contributed by atoms with E-state index < -0.39 is 11.7 Å². The molecule has 142 valence electrons. The highest BCUT2D eigenvalue weighted by molar-refractivity contribution is 7.71. The van der Waals surface area contributed by atoms with Crippen LogP contribution >= 0.6 is 23.8 Å². The minimum atomic E-state index is -0.580. The van der Waals surface area contributed by atoms with Gasteiger partial charge in [-0.15, -0.1) is 0 Å². The van der Waals surface area contributed by atoms with Crippen molar-refractivity contribution in [2.45, 2.75) is 26.8 Å². The van der Waals surface area contributed by atoms with Crippen molar-refractivity contribution in [2.75, 3.05) is 6.54 Å². The average molecular weight is 410 g/mol. The van der Waals surface area contributed by atoms with Gasteiger partial charge in [-0.1, -0.05) is 22.8 Å². The SMILES string of the molecule is CCn1c(CCNC(=O)c2c(-c3c(F)cccc3Cl)noc2C)n[nH]c1=S. The van der Waals surface area contributed by atoms with E-state index >= 15 is 0 Å². The van der Waals surface area contributed by atoms with Crippen LogP contribution in [0.15, 0.2) is 22.7 Å². The molecule has 3 aromatic rings. The Hall–Kier alpha value is -2.52. The lowest BCUT2D eigenvalue weighted by Crippen LogP contribution is -2.27. The first-order valence-corrected chi connectivity index (χ1v) is 9.05. The molecule has 0 fully saturated rings. The van der Waals surface area contributed by atoms with Crippen molar-refractivity contribution in [1.29, 1.82) is 0 Å². The zero-order valence-electron chi connectivity index (χ0n) is 14.7. The van der Waals surface area contributed by atoms with Crippen molar-refractivity contribution < 1.29 is 13.7 Å². The summed E-state index contributed by atoms with van der Waals surface area (Å²) in [5.41, 5.74) is 0.258. The topological polar surface area (TPSA) is 88.7 Å². The fraction of sp³-hybridized carbons (Fsp3) is 0.294. The molecule has 2 heterocycles. The fourth-order valence-corrected chi connectivity index (χ4v) is 3.31. The van der Waals surface area contributed by atoms with Crippen LogP contribution in [0.1, 0.15) is 28.9 Å².